The Morgan fingerprint density at radius 1 is 1.53 bits per heavy atom. The van der Waals surface area contributed by atoms with Crippen LogP contribution in [0.4, 0.5) is 0 Å². The van der Waals surface area contributed by atoms with Crippen molar-refractivity contribution in [3.05, 3.63) is 22.6 Å². The van der Waals surface area contributed by atoms with Crippen molar-refractivity contribution in [2.75, 3.05) is 13.1 Å². The number of piperidine rings is 1. The number of carbonyl (C=O) groups excluding carboxylic acids is 1. The van der Waals surface area contributed by atoms with Crippen molar-refractivity contribution < 1.29 is 9.21 Å². The van der Waals surface area contributed by atoms with Gasteiger partial charge in [-0.1, -0.05) is 0 Å². The second-order valence-electron chi connectivity index (χ2n) is 4.37. The average molecular weight is 301 g/mol. The number of halogens is 1. The Hall–Kier alpha value is -0.810. The van der Waals surface area contributed by atoms with E-state index in [0.29, 0.717) is 6.04 Å². The molecule has 2 heterocycles. The molecule has 5 heteroatoms. The second kappa shape index (κ2) is 5.69. The van der Waals surface area contributed by atoms with Crippen LogP contribution in [0.15, 0.2) is 21.2 Å². The van der Waals surface area contributed by atoms with Crippen LogP contribution in [0.5, 0.6) is 0 Å². The van der Waals surface area contributed by atoms with Gasteiger partial charge < -0.3 is 14.6 Å². The molecule has 0 saturated carbocycles. The maximum Gasteiger partial charge on any atom is 0.219 e. The Balaban J connectivity index is 1.73. The molecule has 1 aromatic heterocycles. The molecule has 0 unspecified atom stereocenters. The lowest BCUT2D eigenvalue weighted by molar-refractivity contribution is -0.129. The van der Waals surface area contributed by atoms with Crippen LogP contribution >= 0.6 is 15.9 Å². The van der Waals surface area contributed by atoms with Crippen molar-refractivity contribution in [1.82, 2.24) is 10.2 Å². The summed E-state index contributed by atoms with van der Waals surface area (Å²) in [4.78, 5) is 13.1. The first kappa shape index (κ1) is 12.6. The SMILES string of the molecule is CC(=O)N1CCC(NCc2ccc(Br)o2)CC1. The molecule has 1 aliphatic heterocycles. The fourth-order valence-electron chi connectivity index (χ4n) is 2.09. The number of hydrogen-bond donors (Lipinski definition) is 1. The molecule has 1 aromatic rings. The average Bonchev–Trinajstić information content (AvgIpc) is 2.73. The summed E-state index contributed by atoms with van der Waals surface area (Å²) in [6.07, 6.45) is 2.03. The lowest BCUT2D eigenvalue weighted by Crippen LogP contribution is -2.43. The predicted octanol–water partition coefficient (Wildman–Crippen LogP) is 2.14. The minimum absolute atomic E-state index is 0.179. The Kier molecular flexibility index (Phi) is 4.23. The quantitative estimate of drug-likeness (QED) is 0.930. The normalized spacial score (nSPS) is 17.4. The van der Waals surface area contributed by atoms with Crippen molar-refractivity contribution >= 4 is 21.8 Å². The first-order chi connectivity index (χ1) is 8.15. The third kappa shape index (κ3) is 3.57. The zero-order valence-corrected chi connectivity index (χ0v) is 11.5. The van der Waals surface area contributed by atoms with Gasteiger partial charge in [-0.15, -0.1) is 0 Å². The van der Waals surface area contributed by atoms with E-state index < -0.39 is 0 Å². The molecule has 1 fully saturated rings. The Morgan fingerprint density at radius 3 is 2.76 bits per heavy atom. The summed E-state index contributed by atoms with van der Waals surface area (Å²) >= 11 is 3.28. The topological polar surface area (TPSA) is 45.5 Å². The lowest BCUT2D eigenvalue weighted by Gasteiger charge is -2.31. The number of nitrogens with zero attached hydrogens (tertiary/aromatic N) is 1. The van der Waals surface area contributed by atoms with Crippen LogP contribution in [-0.4, -0.2) is 29.9 Å². The fraction of sp³-hybridized carbons (Fsp3) is 0.583. The highest BCUT2D eigenvalue weighted by molar-refractivity contribution is 9.10. The Bertz CT molecular complexity index is 384. The zero-order valence-electron chi connectivity index (χ0n) is 9.91. The van der Waals surface area contributed by atoms with Crippen LogP contribution < -0.4 is 5.32 Å². The predicted molar refractivity (Wildman–Crippen MR) is 68.5 cm³/mol. The van der Waals surface area contributed by atoms with E-state index in [9.17, 15) is 4.79 Å². The van der Waals surface area contributed by atoms with Gasteiger partial charge in [0.15, 0.2) is 4.67 Å². The fourth-order valence-corrected chi connectivity index (χ4v) is 2.43. The molecule has 0 aromatic carbocycles. The smallest absolute Gasteiger partial charge is 0.219 e. The monoisotopic (exact) mass is 300 g/mol. The molecule has 1 saturated heterocycles. The standard InChI is InChI=1S/C12H17BrN2O2/c1-9(16)15-6-4-10(5-7-15)14-8-11-2-3-12(13)17-11/h2-3,10,14H,4-8H2,1H3. The largest absolute Gasteiger partial charge is 0.453 e. The van der Waals surface area contributed by atoms with Crippen molar-refractivity contribution in [2.24, 2.45) is 0 Å². The highest BCUT2D eigenvalue weighted by atomic mass is 79.9. The Morgan fingerprint density at radius 2 is 2.24 bits per heavy atom. The van der Waals surface area contributed by atoms with Crippen LogP contribution in [0.25, 0.3) is 0 Å². The van der Waals surface area contributed by atoms with E-state index in [2.05, 4.69) is 21.2 Å². The summed E-state index contributed by atoms with van der Waals surface area (Å²) in [5.41, 5.74) is 0. The van der Waals surface area contributed by atoms with Crippen LogP contribution in [-0.2, 0) is 11.3 Å². The third-order valence-corrected chi connectivity index (χ3v) is 3.56. The molecule has 4 nitrogen and oxygen atoms in total. The molecule has 0 spiro atoms. The number of likely N-dealkylation sites (tertiary alicyclic amines) is 1. The van der Waals surface area contributed by atoms with E-state index in [1.807, 2.05) is 17.0 Å². The highest BCUT2D eigenvalue weighted by Crippen LogP contribution is 2.15. The summed E-state index contributed by atoms with van der Waals surface area (Å²) in [6.45, 7) is 4.09. The summed E-state index contributed by atoms with van der Waals surface area (Å²) < 4.78 is 6.19. The molecule has 1 N–H and O–H groups in total. The first-order valence-electron chi connectivity index (χ1n) is 5.88. The van der Waals surface area contributed by atoms with Gasteiger partial charge in [0, 0.05) is 26.1 Å². The van der Waals surface area contributed by atoms with Gasteiger partial charge in [0.2, 0.25) is 5.91 Å². The van der Waals surface area contributed by atoms with Gasteiger partial charge in [-0.2, -0.15) is 0 Å². The van der Waals surface area contributed by atoms with Crippen molar-refractivity contribution in [3.63, 3.8) is 0 Å². The first-order valence-corrected chi connectivity index (χ1v) is 6.67. The van der Waals surface area contributed by atoms with Crippen LogP contribution in [0, 0.1) is 0 Å². The van der Waals surface area contributed by atoms with Crippen molar-refractivity contribution in [3.8, 4) is 0 Å². The molecular weight excluding hydrogens is 284 g/mol. The van der Waals surface area contributed by atoms with Gasteiger partial charge in [-0.05, 0) is 40.9 Å². The van der Waals surface area contributed by atoms with Gasteiger partial charge in [0.25, 0.3) is 0 Å². The minimum Gasteiger partial charge on any atom is -0.453 e. The summed E-state index contributed by atoms with van der Waals surface area (Å²) in [7, 11) is 0. The van der Waals surface area contributed by atoms with Crippen molar-refractivity contribution in [2.45, 2.75) is 32.4 Å². The molecule has 17 heavy (non-hydrogen) atoms. The maximum absolute atomic E-state index is 11.2. The van der Waals surface area contributed by atoms with E-state index in [1.165, 1.54) is 0 Å². The van der Waals surface area contributed by atoms with E-state index in [4.69, 9.17) is 4.42 Å². The van der Waals surface area contributed by atoms with Gasteiger partial charge in [-0.3, -0.25) is 4.79 Å². The molecule has 94 valence electrons. The molecule has 0 radical (unpaired) electrons. The second-order valence-corrected chi connectivity index (χ2v) is 5.15. The van der Waals surface area contributed by atoms with Crippen molar-refractivity contribution in [1.29, 1.82) is 0 Å². The third-order valence-electron chi connectivity index (χ3n) is 3.13. The molecular formula is C12H17BrN2O2. The number of hydrogen-bond acceptors (Lipinski definition) is 3. The molecule has 1 amide bonds. The summed E-state index contributed by atoms with van der Waals surface area (Å²) in [6, 6.07) is 4.34. The van der Waals surface area contributed by atoms with Crippen LogP contribution in [0.1, 0.15) is 25.5 Å². The van der Waals surface area contributed by atoms with E-state index in [1.54, 1.807) is 6.92 Å². The van der Waals surface area contributed by atoms with Gasteiger partial charge in [-0.25, -0.2) is 0 Å². The number of furan rings is 1. The van der Waals surface area contributed by atoms with E-state index >= 15 is 0 Å². The Labute approximate surface area is 109 Å². The number of nitrogens with one attached hydrogen (secondary N) is 1. The van der Waals surface area contributed by atoms with E-state index in [-0.39, 0.29) is 5.91 Å². The zero-order chi connectivity index (χ0) is 12.3. The minimum atomic E-state index is 0.179. The van der Waals surface area contributed by atoms with Crippen LogP contribution in [0.2, 0.25) is 0 Å². The number of carbonyl (C=O) groups is 1. The number of rotatable bonds is 3. The summed E-state index contributed by atoms with van der Waals surface area (Å²) in [5.74, 6) is 1.12. The van der Waals surface area contributed by atoms with Crippen LogP contribution in [0.3, 0.4) is 0 Å². The molecule has 0 bridgehead atoms. The van der Waals surface area contributed by atoms with Gasteiger partial charge in [0.1, 0.15) is 5.76 Å². The van der Waals surface area contributed by atoms with E-state index in [0.717, 1.165) is 42.9 Å². The summed E-state index contributed by atoms with van der Waals surface area (Å²) in [5, 5.41) is 3.46. The van der Waals surface area contributed by atoms with Gasteiger partial charge >= 0.3 is 0 Å². The molecule has 1 aliphatic rings. The number of amides is 1. The van der Waals surface area contributed by atoms with Gasteiger partial charge in [0.05, 0.1) is 6.54 Å². The molecule has 0 atom stereocenters. The molecule has 0 aliphatic carbocycles. The molecule has 2 rings (SSSR count). The highest BCUT2D eigenvalue weighted by Gasteiger charge is 2.20. The maximum atomic E-state index is 11.2. The lowest BCUT2D eigenvalue weighted by atomic mass is 10.1.